The van der Waals surface area contributed by atoms with Crippen LogP contribution in [0, 0.1) is 0 Å². The van der Waals surface area contributed by atoms with Crippen LogP contribution in [-0.2, 0) is 4.74 Å². The Kier molecular flexibility index (Phi) is 6.48. The van der Waals surface area contributed by atoms with Crippen molar-refractivity contribution in [3.05, 3.63) is 45.1 Å². The second-order valence-electron chi connectivity index (χ2n) is 7.27. The topological polar surface area (TPSA) is 68.3 Å². The van der Waals surface area contributed by atoms with Crippen LogP contribution in [0.4, 0.5) is 4.79 Å². The molecule has 2 fully saturated rings. The van der Waals surface area contributed by atoms with Gasteiger partial charge in [-0.15, -0.1) is 11.3 Å². The number of carbonyl (C=O) groups excluding carboxylic acids is 2. The normalized spacial score (nSPS) is 19.7. The Bertz CT molecular complexity index is 895. The first kappa shape index (κ1) is 21.0. The molecule has 160 valence electrons. The number of hydrogen-bond donors (Lipinski definition) is 0. The average Bonchev–Trinajstić information content (AvgIpc) is 3.37. The quantitative estimate of drug-likeness (QED) is 0.606. The minimum atomic E-state index is -0.304. The lowest BCUT2D eigenvalue weighted by atomic mass is 10.0. The summed E-state index contributed by atoms with van der Waals surface area (Å²) in [7, 11) is 1.62. The third-order valence-corrected chi connectivity index (χ3v) is 7.23. The lowest BCUT2D eigenvalue weighted by Gasteiger charge is -2.35. The largest absolute Gasteiger partial charge is 0.497 e. The fourth-order valence-corrected chi connectivity index (χ4v) is 5.27. The van der Waals surface area contributed by atoms with E-state index in [0.717, 1.165) is 27.9 Å². The molecule has 1 atom stereocenters. The van der Waals surface area contributed by atoms with E-state index in [1.807, 2.05) is 40.6 Å². The van der Waals surface area contributed by atoms with Crippen molar-refractivity contribution in [2.75, 3.05) is 33.4 Å². The highest BCUT2D eigenvalue weighted by Crippen LogP contribution is 2.28. The Morgan fingerprint density at radius 2 is 1.90 bits per heavy atom. The molecule has 30 heavy (non-hydrogen) atoms. The van der Waals surface area contributed by atoms with Gasteiger partial charge >= 0.3 is 6.09 Å². The number of amides is 2. The molecule has 2 aromatic rings. The number of likely N-dealkylation sites (tertiary alicyclic amines) is 1. The Labute approximate surface area is 187 Å². The first-order valence-corrected chi connectivity index (χ1v) is 11.5. The number of ether oxygens (including phenoxy) is 3. The van der Waals surface area contributed by atoms with Crippen LogP contribution in [0.3, 0.4) is 0 Å². The van der Waals surface area contributed by atoms with Gasteiger partial charge in [-0.1, -0.05) is 0 Å². The molecule has 1 aromatic heterocycles. The van der Waals surface area contributed by atoms with Crippen molar-refractivity contribution in [2.45, 2.75) is 25.0 Å². The summed E-state index contributed by atoms with van der Waals surface area (Å²) in [5.74, 6) is 1.51. The summed E-state index contributed by atoms with van der Waals surface area (Å²) in [5, 5.41) is 1.90. The Hall–Kier alpha value is -2.26. The number of rotatable bonds is 6. The fourth-order valence-electron chi connectivity index (χ4n) is 3.76. The minimum absolute atomic E-state index is 0.0464. The van der Waals surface area contributed by atoms with Gasteiger partial charge in [0.15, 0.2) is 6.10 Å². The van der Waals surface area contributed by atoms with Crippen LogP contribution in [-0.4, -0.2) is 67.3 Å². The number of carbonyl (C=O) groups is 2. The van der Waals surface area contributed by atoms with Crippen molar-refractivity contribution in [1.82, 2.24) is 9.80 Å². The third kappa shape index (κ3) is 4.57. The molecule has 2 amide bonds. The van der Waals surface area contributed by atoms with Crippen molar-refractivity contribution in [1.29, 1.82) is 0 Å². The SMILES string of the molecule is COc1ccc(OCC2CN(C3CCN(C(=O)c4sccc4Br)CC3)C(=O)O2)cc1. The van der Waals surface area contributed by atoms with E-state index in [0.29, 0.717) is 32.0 Å². The Balaban J connectivity index is 1.26. The van der Waals surface area contributed by atoms with Crippen molar-refractivity contribution in [3.8, 4) is 11.5 Å². The van der Waals surface area contributed by atoms with Gasteiger partial charge in [0.2, 0.25) is 0 Å². The molecule has 1 unspecified atom stereocenters. The summed E-state index contributed by atoms with van der Waals surface area (Å²) in [6.07, 6.45) is 0.886. The monoisotopic (exact) mass is 494 g/mol. The first-order valence-electron chi connectivity index (χ1n) is 9.81. The molecule has 0 spiro atoms. The summed E-state index contributed by atoms with van der Waals surface area (Å²) < 4.78 is 17.2. The molecule has 2 aliphatic heterocycles. The highest BCUT2D eigenvalue weighted by atomic mass is 79.9. The van der Waals surface area contributed by atoms with Gasteiger partial charge in [0, 0.05) is 23.6 Å². The smallest absolute Gasteiger partial charge is 0.410 e. The van der Waals surface area contributed by atoms with Gasteiger partial charge in [0.05, 0.1) is 13.7 Å². The molecule has 4 rings (SSSR count). The van der Waals surface area contributed by atoms with Crippen LogP contribution < -0.4 is 9.47 Å². The van der Waals surface area contributed by atoms with E-state index in [1.165, 1.54) is 11.3 Å². The summed E-state index contributed by atoms with van der Waals surface area (Å²) in [5.41, 5.74) is 0. The van der Waals surface area contributed by atoms with Gasteiger partial charge in [0.25, 0.3) is 5.91 Å². The Morgan fingerprint density at radius 1 is 1.20 bits per heavy atom. The molecule has 0 bridgehead atoms. The molecular formula is C21H23BrN2O5S. The van der Waals surface area contributed by atoms with E-state index in [4.69, 9.17) is 14.2 Å². The molecule has 3 heterocycles. The van der Waals surface area contributed by atoms with E-state index in [1.54, 1.807) is 12.0 Å². The second-order valence-corrected chi connectivity index (χ2v) is 9.04. The minimum Gasteiger partial charge on any atom is -0.497 e. The number of thiophene rings is 1. The summed E-state index contributed by atoms with van der Waals surface area (Å²) >= 11 is 4.87. The number of halogens is 1. The van der Waals surface area contributed by atoms with Crippen LogP contribution in [0.2, 0.25) is 0 Å². The number of methoxy groups -OCH3 is 1. The van der Waals surface area contributed by atoms with E-state index in [-0.39, 0.29) is 24.1 Å². The third-order valence-electron chi connectivity index (χ3n) is 5.40. The predicted molar refractivity (Wildman–Crippen MR) is 116 cm³/mol. The van der Waals surface area contributed by atoms with Crippen LogP contribution in [0.1, 0.15) is 22.5 Å². The lowest BCUT2D eigenvalue weighted by molar-refractivity contribution is 0.0662. The van der Waals surface area contributed by atoms with E-state index in [9.17, 15) is 9.59 Å². The van der Waals surface area contributed by atoms with Crippen LogP contribution in [0.5, 0.6) is 11.5 Å². The summed E-state index contributed by atoms with van der Waals surface area (Å²) in [4.78, 5) is 29.4. The maximum Gasteiger partial charge on any atom is 0.410 e. The number of benzene rings is 1. The lowest BCUT2D eigenvalue weighted by Crippen LogP contribution is -2.47. The van der Waals surface area contributed by atoms with Crippen LogP contribution >= 0.6 is 27.3 Å². The van der Waals surface area contributed by atoms with Gasteiger partial charge in [-0.2, -0.15) is 0 Å². The second kappa shape index (κ2) is 9.26. The summed E-state index contributed by atoms with van der Waals surface area (Å²) in [6, 6.07) is 9.27. The number of nitrogens with zero attached hydrogens (tertiary/aromatic N) is 2. The first-order chi connectivity index (χ1) is 14.5. The molecule has 0 N–H and O–H groups in total. The maximum absolute atomic E-state index is 12.7. The highest BCUT2D eigenvalue weighted by molar-refractivity contribution is 9.10. The summed E-state index contributed by atoms with van der Waals surface area (Å²) in [6.45, 7) is 2.07. The Morgan fingerprint density at radius 3 is 2.53 bits per heavy atom. The van der Waals surface area contributed by atoms with Gasteiger partial charge in [-0.3, -0.25) is 4.79 Å². The molecule has 0 radical (unpaired) electrons. The molecule has 0 saturated carbocycles. The van der Waals surface area contributed by atoms with Crippen molar-refractivity contribution < 1.29 is 23.8 Å². The van der Waals surface area contributed by atoms with E-state index in [2.05, 4.69) is 15.9 Å². The molecule has 9 heteroatoms. The maximum atomic E-state index is 12.7. The van der Waals surface area contributed by atoms with Gasteiger partial charge in [0.1, 0.15) is 23.0 Å². The zero-order valence-electron chi connectivity index (χ0n) is 16.6. The van der Waals surface area contributed by atoms with Crippen LogP contribution in [0.25, 0.3) is 0 Å². The highest BCUT2D eigenvalue weighted by Gasteiger charge is 2.38. The average molecular weight is 495 g/mol. The molecule has 0 aliphatic carbocycles. The van der Waals surface area contributed by atoms with E-state index < -0.39 is 0 Å². The number of piperidine rings is 1. The number of cyclic esters (lactones) is 1. The number of hydrogen-bond acceptors (Lipinski definition) is 6. The van der Waals surface area contributed by atoms with Gasteiger partial charge in [-0.25, -0.2) is 4.79 Å². The van der Waals surface area contributed by atoms with E-state index >= 15 is 0 Å². The van der Waals surface area contributed by atoms with Gasteiger partial charge < -0.3 is 24.0 Å². The fraction of sp³-hybridized carbons (Fsp3) is 0.429. The van der Waals surface area contributed by atoms with Gasteiger partial charge in [-0.05, 0) is 64.5 Å². The molecule has 7 nitrogen and oxygen atoms in total. The zero-order valence-corrected chi connectivity index (χ0v) is 19.0. The van der Waals surface area contributed by atoms with Crippen LogP contribution in [0.15, 0.2) is 40.2 Å². The molecule has 1 aromatic carbocycles. The van der Waals surface area contributed by atoms with Crippen molar-refractivity contribution in [3.63, 3.8) is 0 Å². The zero-order chi connectivity index (χ0) is 21.1. The molecule has 2 saturated heterocycles. The standard InChI is InChI=1S/C21H23BrN2O5S/c1-27-15-2-4-16(5-3-15)28-13-17-12-24(21(26)29-17)14-6-9-23(10-7-14)20(25)19-18(22)8-11-30-19/h2-5,8,11,14,17H,6-7,9-10,12-13H2,1H3. The van der Waals surface area contributed by atoms with Crippen molar-refractivity contribution >= 4 is 39.3 Å². The van der Waals surface area contributed by atoms with Crippen molar-refractivity contribution in [2.24, 2.45) is 0 Å². The predicted octanol–water partition coefficient (Wildman–Crippen LogP) is 4.02. The molecule has 2 aliphatic rings. The molecular weight excluding hydrogens is 472 g/mol.